The molecule has 0 atom stereocenters. The van der Waals surface area contributed by atoms with Crippen LogP contribution in [0.4, 0.5) is 5.82 Å². The Kier molecular flexibility index (Phi) is 3.66. The second kappa shape index (κ2) is 5.22. The number of hydrogen-bond acceptors (Lipinski definition) is 4. The van der Waals surface area contributed by atoms with Crippen molar-refractivity contribution in [1.29, 1.82) is 0 Å². The Labute approximate surface area is 109 Å². The second-order valence-electron chi connectivity index (χ2n) is 3.99. The maximum absolute atomic E-state index is 11.2. The molecule has 18 heavy (non-hydrogen) atoms. The van der Waals surface area contributed by atoms with Crippen molar-refractivity contribution in [2.75, 3.05) is 11.9 Å². The van der Waals surface area contributed by atoms with E-state index in [1.165, 1.54) is 4.88 Å². The highest BCUT2D eigenvalue weighted by atomic mass is 32.1. The number of nitrogens with zero attached hydrogens (tertiary/aromatic N) is 2. The van der Waals surface area contributed by atoms with E-state index in [1.807, 2.05) is 11.4 Å². The molecule has 0 spiro atoms. The molecule has 5 nitrogen and oxygen atoms in total. The molecule has 0 fully saturated rings. The standard InChI is InChI=1S/C12H15N3O2S/c1-8-10(12(16)17)11(15(2)14-8)13-6-5-9-4-3-7-18-9/h3-4,7,13H,5-6H2,1-2H3,(H,16,17). The minimum atomic E-state index is -0.945. The summed E-state index contributed by atoms with van der Waals surface area (Å²) >= 11 is 1.70. The van der Waals surface area contributed by atoms with Crippen molar-refractivity contribution in [3.63, 3.8) is 0 Å². The van der Waals surface area contributed by atoms with Crippen molar-refractivity contribution in [2.45, 2.75) is 13.3 Å². The van der Waals surface area contributed by atoms with E-state index in [9.17, 15) is 4.79 Å². The first-order valence-electron chi connectivity index (χ1n) is 5.62. The molecule has 2 aromatic heterocycles. The van der Waals surface area contributed by atoms with Crippen LogP contribution in [0.15, 0.2) is 17.5 Å². The van der Waals surface area contributed by atoms with Crippen molar-refractivity contribution in [2.24, 2.45) is 7.05 Å². The van der Waals surface area contributed by atoms with Crippen LogP contribution < -0.4 is 5.32 Å². The zero-order chi connectivity index (χ0) is 13.1. The smallest absolute Gasteiger partial charge is 0.341 e. The summed E-state index contributed by atoms with van der Waals surface area (Å²) in [4.78, 5) is 12.4. The molecule has 0 aromatic carbocycles. The third-order valence-corrected chi connectivity index (χ3v) is 3.62. The third kappa shape index (κ3) is 2.53. The van der Waals surface area contributed by atoms with Gasteiger partial charge < -0.3 is 10.4 Å². The molecule has 2 rings (SSSR count). The molecule has 0 saturated heterocycles. The number of rotatable bonds is 5. The monoisotopic (exact) mass is 265 g/mol. The highest BCUT2D eigenvalue weighted by molar-refractivity contribution is 7.09. The third-order valence-electron chi connectivity index (χ3n) is 2.68. The van der Waals surface area contributed by atoms with E-state index in [1.54, 1.807) is 30.0 Å². The number of carboxylic acid groups (broad SMARTS) is 1. The molecule has 2 N–H and O–H groups in total. The molecule has 6 heteroatoms. The van der Waals surface area contributed by atoms with Crippen LogP contribution in [0.2, 0.25) is 0 Å². The summed E-state index contributed by atoms with van der Waals surface area (Å²) in [6, 6.07) is 4.08. The predicted molar refractivity (Wildman–Crippen MR) is 71.4 cm³/mol. The molecule has 0 radical (unpaired) electrons. The number of aromatic nitrogens is 2. The Balaban J connectivity index is 2.07. The molecule has 0 aliphatic rings. The lowest BCUT2D eigenvalue weighted by molar-refractivity contribution is 0.0697. The van der Waals surface area contributed by atoms with Gasteiger partial charge in [0.2, 0.25) is 0 Å². The maximum Gasteiger partial charge on any atom is 0.341 e. The van der Waals surface area contributed by atoms with Crippen LogP contribution in [0.3, 0.4) is 0 Å². The molecule has 0 aliphatic carbocycles. The predicted octanol–water partition coefficient (Wildman–Crippen LogP) is 2.14. The minimum absolute atomic E-state index is 0.253. The zero-order valence-electron chi connectivity index (χ0n) is 10.3. The van der Waals surface area contributed by atoms with Gasteiger partial charge in [0.1, 0.15) is 11.4 Å². The van der Waals surface area contributed by atoms with E-state index in [4.69, 9.17) is 5.11 Å². The van der Waals surface area contributed by atoms with Gasteiger partial charge in [-0.15, -0.1) is 11.3 Å². The summed E-state index contributed by atoms with van der Waals surface area (Å²) in [6.45, 7) is 2.40. The second-order valence-corrected chi connectivity index (χ2v) is 5.03. The fraction of sp³-hybridized carbons (Fsp3) is 0.333. The Morgan fingerprint density at radius 2 is 2.39 bits per heavy atom. The quantitative estimate of drug-likeness (QED) is 0.869. The first-order valence-corrected chi connectivity index (χ1v) is 6.50. The average molecular weight is 265 g/mol. The summed E-state index contributed by atoms with van der Waals surface area (Å²) in [5.41, 5.74) is 0.785. The fourth-order valence-corrected chi connectivity index (χ4v) is 2.58. The largest absolute Gasteiger partial charge is 0.477 e. The van der Waals surface area contributed by atoms with Crippen LogP contribution in [0, 0.1) is 6.92 Å². The highest BCUT2D eigenvalue weighted by Gasteiger charge is 2.18. The highest BCUT2D eigenvalue weighted by Crippen LogP contribution is 2.19. The number of aryl methyl sites for hydroxylation is 2. The summed E-state index contributed by atoms with van der Waals surface area (Å²) in [6.07, 6.45) is 0.876. The molecule has 0 amide bonds. The van der Waals surface area contributed by atoms with Crippen LogP contribution in [-0.2, 0) is 13.5 Å². The summed E-state index contributed by atoms with van der Waals surface area (Å²) in [7, 11) is 1.74. The Morgan fingerprint density at radius 3 is 3.00 bits per heavy atom. The van der Waals surface area contributed by atoms with Gasteiger partial charge in [0.25, 0.3) is 0 Å². The van der Waals surface area contributed by atoms with Gasteiger partial charge in [-0.3, -0.25) is 4.68 Å². The first kappa shape index (κ1) is 12.6. The van der Waals surface area contributed by atoms with Gasteiger partial charge in [0.15, 0.2) is 0 Å². The molecular weight excluding hydrogens is 250 g/mol. The molecule has 2 heterocycles. The van der Waals surface area contributed by atoms with Gasteiger partial charge in [-0.1, -0.05) is 6.07 Å². The molecule has 0 unspecified atom stereocenters. The number of nitrogens with one attached hydrogen (secondary N) is 1. The zero-order valence-corrected chi connectivity index (χ0v) is 11.1. The first-order chi connectivity index (χ1) is 8.59. The number of carbonyl (C=O) groups is 1. The molecule has 0 bridgehead atoms. The minimum Gasteiger partial charge on any atom is -0.477 e. The fourth-order valence-electron chi connectivity index (χ4n) is 1.88. The number of thiophene rings is 1. The van der Waals surface area contributed by atoms with Crippen LogP contribution in [0.5, 0.6) is 0 Å². The lowest BCUT2D eigenvalue weighted by Gasteiger charge is -2.07. The normalized spacial score (nSPS) is 10.6. The van der Waals surface area contributed by atoms with E-state index < -0.39 is 5.97 Å². The van der Waals surface area contributed by atoms with E-state index in [0.29, 0.717) is 18.1 Å². The molecule has 0 saturated carbocycles. The van der Waals surface area contributed by atoms with Gasteiger partial charge >= 0.3 is 5.97 Å². The lowest BCUT2D eigenvalue weighted by atomic mass is 10.2. The molecular formula is C12H15N3O2S. The SMILES string of the molecule is Cc1nn(C)c(NCCc2cccs2)c1C(=O)O. The molecule has 0 aliphatic heterocycles. The maximum atomic E-state index is 11.2. The van der Waals surface area contributed by atoms with Crippen molar-refractivity contribution >= 4 is 23.1 Å². The number of anilines is 1. The summed E-state index contributed by atoms with van der Waals surface area (Å²) < 4.78 is 1.58. The number of carboxylic acids is 1. The van der Waals surface area contributed by atoms with Crippen LogP contribution in [-0.4, -0.2) is 27.4 Å². The van der Waals surface area contributed by atoms with Gasteiger partial charge in [-0.2, -0.15) is 5.10 Å². The van der Waals surface area contributed by atoms with Crippen molar-refractivity contribution in [1.82, 2.24) is 9.78 Å². The Morgan fingerprint density at radius 1 is 1.61 bits per heavy atom. The number of aromatic carboxylic acids is 1. The lowest BCUT2D eigenvalue weighted by Crippen LogP contribution is -2.11. The topological polar surface area (TPSA) is 67.2 Å². The molecule has 96 valence electrons. The average Bonchev–Trinajstić information content (AvgIpc) is 2.87. The van der Waals surface area contributed by atoms with Crippen LogP contribution in [0.25, 0.3) is 0 Å². The van der Waals surface area contributed by atoms with Gasteiger partial charge in [-0.05, 0) is 24.8 Å². The van der Waals surface area contributed by atoms with Crippen molar-refractivity contribution in [3.8, 4) is 0 Å². The van der Waals surface area contributed by atoms with Crippen LogP contribution in [0.1, 0.15) is 20.9 Å². The van der Waals surface area contributed by atoms with Gasteiger partial charge in [0.05, 0.1) is 5.69 Å². The number of hydrogen-bond donors (Lipinski definition) is 2. The van der Waals surface area contributed by atoms with Gasteiger partial charge in [-0.25, -0.2) is 4.79 Å². The van der Waals surface area contributed by atoms with E-state index in [-0.39, 0.29) is 5.56 Å². The van der Waals surface area contributed by atoms with Crippen molar-refractivity contribution in [3.05, 3.63) is 33.6 Å². The Hall–Kier alpha value is -1.82. The Bertz CT molecular complexity index is 546. The van der Waals surface area contributed by atoms with E-state index >= 15 is 0 Å². The van der Waals surface area contributed by atoms with E-state index in [2.05, 4.69) is 16.5 Å². The van der Waals surface area contributed by atoms with Crippen molar-refractivity contribution < 1.29 is 9.90 Å². The molecule has 2 aromatic rings. The van der Waals surface area contributed by atoms with E-state index in [0.717, 1.165) is 6.42 Å². The van der Waals surface area contributed by atoms with Gasteiger partial charge in [0, 0.05) is 18.5 Å². The van der Waals surface area contributed by atoms with Crippen LogP contribution >= 0.6 is 11.3 Å². The summed E-state index contributed by atoms with van der Waals surface area (Å²) in [5, 5.41) is 18.5. The summed E-state index contributed by atoms with van der Waals surface area (Å²) in [5.74, 6) is -0.379.